The summed E-state index contributed by atoms with van der Waals surface area (Å²) in [5, 5.41) is 13.4. The number of alkyl halides is 9. The molecule has 0 radical (unpaired) electrons. The number of aryl methyl sites for hydroxylation is 2. The number of aldehydes is 1. The molecule has 5 rings (SSSR count). The molecule has 1 fully saturated rings. The quantitative estimate of drug-likeness (QED) is 0.133. The predicted molar refractivity (Wildman–Crippen MR) is 165 cm³/mol. The van der Waals surface area contributed by atoms with E-state index in [0.717, 1.165) is 67.0 Å². The van der Waals surface area contributed by atoms with E-state index in [4.69, 9.17) is 16.4 Å². The number of carbonyl (C=O) groups is 4. The minimum Gasteiger partial charge on any atom is -0.339 e. The van der Waals surface area contributed by atoms with Gasteiger partial charge in [0.05, 0.1) is 18.1 Å². The van der Waals surface area contributed by atoms with Crippen molar-refractivity contribution in [1.29, 1.82) is 0 Å². The van der Waals surface area contributed by atoms with E-state index in [1.165, 1.54) is 0 Å². The second-order valence-electron chi connectivity index (χ2n) is 10.9. The van der Waals surface area contributed by atoms with Crippen LogP contribution < -0.4 is 21.3 Å². The Labute approximate surface area is 287 Å². The zero-order valence-corrected chi connectivity index (χ0v) is 26.7. The number of fused-ring (bicyclic) bond motifs is 6. The van der Waals surface area contributed by atoms with Crippen molar-refractivity contribution in [2.45, 2.75) is 50.6 Å². The standard InChI is InChI=1S/C24H26ClN7O.C4F6O2.C2HF3O/c25-20-14-28-24-30-19-9-16(12-27-13-19)1-2-17-11-18(29-23(20)32-24)3-4-21(17)31-22(33)10-15-5-7-26-8-6-15;5-3(6,7)1(11)2(12)4(8,9)10;3-2(4,5)1-6/h3-4,9,11-15,26H,1-2,5-8,10H2,(H,31,33)(H2,28,29,30,32);;1H. The Bertz CT molecular complexity index is 1690. The third-order valence-corrected chi connectivity index (χ3v) is 7.18. The Morgan fingerprint density at radius 1 is 0.863 bits per heavy atom. The SMILES string of the molecule is O=C(C(=O)C(F)(F)F)C(F)(F)F.O=C(CC1CCNCC1)Nc1ccc2cc1CCc1cncc(c1)Nc1ncc(Cl)c(n1)N2.O=CC(F)(F)F. The number of nitrogens with one attached hydrogen (secondary N) is 4. The lowest BCUT2D eigenvalue weighted by molar-refractivity contribution is -0.193. The number of benzene rings is 1. The van der Waals surface area contributed by atoms with Crippen LogP contribution in [0, 0.1) is 5.92 Å². The van der Waals surface area contributed by atoms with Crippen molar-refractivity contribution >= 4 is 64.2 Å². The van der Waals surface area contributed by atoms with E-state index in [-0.39, 0.29) is 5.91 Å². The van der Waals surface area contributed by atoms with E-state index in [9.17, 15) is 53.9 Å². The van der Waals surface area contributed by atoms with Crippen molar-refractivity contribution in [2.24, 2.45) is 5.92 Å². The third kappa shape index (κ3) is 13.4. The van der Waals surface area contributed by atoms with E-state index in [1.807, 2.05) is 30.5 Å². The summed E-state index contributed by atoms with van der Waals surface area (Å²) >= 11 is 6.34. The van der Waals surface area contributed by atoms with Crippen LogP contribution >= 0.6 is 11.6 Å². The molecule has 0 atom stereocenters. The summed E-state index contributed by atoms with van der Waals surface area (Å²) in [6, 6.07) is 7.95. The highest BCUT2D eigenvalue weighted by molar-refractivity contribution is 6.41. The van der Waals surface area contributed by atoms with Crippen molar-refractivity contribution in [1.82, 2.24) is 20.3 Å². The van der Waals surface area contributed by atoms with Crippen molar-refractivity contribution in [2.75, 3.05) is 29.0 Å². The van der Waals surface area contributed by atoms with Crippen molar-refractivity contribution < 1.29 is 58.7 Å². The number of piperidine rings is 1. The van der Waals surface area contributed by atoms with Crippen LogP contribution in [0.25, 0.3) is 0 Å². The first-order valence-electron chi connectivity index (χ1n) is 14.6. The molecule has 1 saturated heterocycles. The maximum Gasteiger partial charge on any atom is 0.458 e. The summed E-state index contributed by atoms with van der Waals surface area (Å²) in [7, 11) is 0. The Morgan fingerprint density at radius 2 is 1.49 bits per heavy atom. The Hall–Kier alpha value is -4.85. The maximum absolute atomic E-state index is 12.8. The summed E-state index contributed by atoms with van der Waals surface area (Å²) < 4.78 is 98.2. The number of nitrogens with zero attached hydrogens (tertiary/aromatic N) is 3. The zero-order valence-electron chi connectivity index (χ0n) is 25.9. The molecule has 0 saturated carbocycles. The first-order valence-corrected chi connectivity index (χ1v) is 15.0. The van der Waals surface area contributed by atoms with Crippen LogP contribution in [0.5, 0.6) is 0 Å². The van der Waals surface area contributed by atoms with Gasteiger partial charge in [0, 0.05) is 24.0 Å². The molecule has 4 heterocycles. The van der Waals surface area contributed by atoms with Gasteiger partial charge >= 0.3 is 30.1 Å². The average Bonchev–Trinajstić information content (AvgIpc) is 3.05. The van der Waals surface area contributed by atoms with Crippen molar-refractivity contribution in [3.05, 3.63) is 59.0 Å². The largest absolute Gasteiger partial charge is 0.458 e. The molecule has 21 heteroatoms. The average molecular weight is 756 g/mol. The summed E-state index contributed by atoms with van der Waals surface area (Å²) in [5.41, 5.74) is 4.62. The van der Waals surface area contributed by atoms with E-state index in [0.29, 0.717) is 29.1 Å². The number of amides is 1. The van der Waals surface area contributed by atoms with Crippen LogP contribution in [-0.2, 0) is 32.0 Å². The van der Waals surface area contributed by atoms with E-state index in [2.05, 4.69) is 36.2 Å². The molecule has 3 aromatic rings. The molecule has 2 aromatic heterocycles. The van der Waals surface area contributed by atoms with Crippen LogP contribution in [0.2, 0.25) is 5.02 Å². The van der Waals surface area contributed by atoms with Gasteiger partial charge in [0.25, 0.3) is 0 Å². The molecule has 2 aliphatic rings. The third-order valence-electron chi connectivity index (χ3n) is 6.91. The predicted octanol–water partition coefficient (Wildman–Crippen LogP) is 6.44. The lowest BCUT2D eigenvalue weighted by Gasteiger charge is -2.22. The highest BCUT2D eigenvalue weighted by Gasteiger charge is 2.54. The number of ketones is 2. The van der Waals surface area contributed by atoms with Gasteiger partial charge in [-0.1, -0.05) is 11.6 Å². The molecular formula is C30H27ClF9N7O4. The molecule has 0 spiro atoms. The second kappa shape index (κ2) is 17.4. The van der Waals surface area contributed by atoms with Crippen LogP contribution in [0.4, 0.5) is 68.3 Å². The highest BCUT2D eigenvalue weighted by Crippen LogP contribution is 2.30. The summed E-state index contributed by atoms with van der Waals surface area (Å²) in [6.45, 7) is 1.97. The van der Waals surface area contributed by atoms with Gasteiger partial charge in [-0.05, 0) is 80.1 Å². The molecule has 276 valence electrons. The fourth-order valence-corrected chi connectivity index (χ4v) is 4.70. The molecule has 0 aliphatic carbocycles. The Morgan fingerprint density at radius 3 is 2.08 bits per heavy atom. The molecule has 11 nitrogen and oxygen atoms in total. The molecular weight excluding hydrogens is 729 g/mol. The topological polar surface area (TPSA) is 155 Å². The van der Waals surface area contributed by atoms with E-state index < -0.39 is 36.4 Å². The molecule has 51 heavy (non-hydrogen) atoms. The normalized spacial score (nSPS) is 14.5. The van der Waals surface area contributed by atoms with Gasteiger partial charge in [-0.3, -0.25) is 24.2 Å². The van der Waals surface area contributed by atoms with Crippen LogP contribution in [-0.4, -0.2) is 70.3 Å². The number of aromatic nitrogens is 3. The van der Waals surface area contributed by atoms with E-state index >= 15 is 0 Å². The van der Waals surface area contributed by atoms with Gasteiger partial charge in [0.1, 0.15) is 5.02 Å². The number of pyridine rings is 1. The van der Waals surface area contributed by atoms with Crippen molar-refractivity contribution in [3.63, 3.8) is 0 Å². The Kier molecular flexibility index (Phi) is 13.8. The summed E-state index contributed by atoms with van der Waals surface area (Å²) in [4.78, 5) is 53.8. The maximum atomic E-state index is 12.8. The summed E-state index contributed by atoms with van der Waals surface area (Å²) in [5.74, 6) is -5.37. The van der Waals surface area contributed by atoms with Gasteiger partial charge in [0.2, 0.25) is 18.1 Å². The monoisotopic (exact) mass is 755 g/mol. The van der Waals surface area contributed by atoms with Gasteiger partial charge in [-0.25, -0.2) is 4.98 Å². The number of anilines is 5. The zero-order chi connectivity index (χ0) is 38.0. The van der Waals surface area contributed by atoms with Crippen LogP contribution in [0.15, 0.2) is 42.9 Å². The number of hydrogen-bond donors (Lipinski definition) is 4. The number of halogens is 10. The highest BCUT2D eigenvalue weighted by atomic mass is 35.5. The molecule has 4 N–H and O–H groups in total. The minimum absolute atomic E-state index is 0.0677. The molecule has 6 bridgehead atoms. The number of carbonyl (C=O) groups excluding carboxylic acids is 4. The smallest absolute Gasteiger partial charge is 0.339 e. The second-order valence-corrected chi connectivity index (χ2v) is 11.3. The van der Waals surface area contributed by atoms with Gasteiger partial charge in [-0.2, -0.15) is 44.5 Å². The fourth-order valence-electron chi connectivity index (χ4n) is 4.56. The Balaban J connectivity index is 0.000000324. The number of Topliss-reactive ketones (excluding diaryl/α,β-unsaturated/α-hetero) is 2. The number of rotatable bonds is 4. The number of hydrogen-bond acceptors (Lipinski definition) is 10. The lowest BCUT2D eigenvalue weighted by atomic mass is 9.94. The minimum atomic E-state index is -5.77. The van der Waals surface area contributed by atoms with Crippen molar-refractivity contribution in [3.8, 4) is 0 Å². The lowest BCUT2D eigenvalue weighted by Crippen LogP contribution is -2.39. The first kappa shape index (κ1) is 40.6. The van der Waals surface area contributed by atoms with Gasteiger partial charge < -0.3 is 21.3 Å². The molecule has 0 unspecified atom stereocenters. The van der Waals surface area contributed by atoms with Crippen LogP contribution in [0.3, 0.4) is 0 Å². The van der Waals surface area contributed by atoms with E-state index in [1.54, 1.807) is 12.4 Å². The van der Waals surface area contributed by atoms with Crippen LogP contribution in [0.1, 0.15) is 30.4 Å². The molecule has 1 amide bonds. The molecule has 1 aromatic carbocycles. The molecule has 2 aliphatic heterocycles. The summed E-state index contributed by atoms with van der Waals surface area (Å²) in [6.07, 6.45) is -7.92. The van der Waals surface area contributed by atoms with Gasteiger partial charge in [-0.15, -0.1) is 0 Å². The first-order chi connectivity index (χ1) is 23.7. The van der Waals surface area contributed by atoms with Gasteiger partial charge in [0.15, 0.2) is 5.82 Å². The fraction of sp³-hybridized carbons (Fsp3) is 0.367.